The number of carbonyl (C=O) groups is 1. The van der Waals surface area contributed by atoms with Gasteiger partial charge in [-0.05, 0) is 12.1 Å². The Labute approximate surface area is 141 Å². The highest BCUT2D eigenvalue weighted by molar-refractivity contribution is 7.89. The Kier molecular flexibility index (Phi) is 6.41. The molecular formula is C15H22N2O6S. The molecular weight excluding hydrogens is 336 g/mol. The summed E-state index contributed by atoms with van der Waals surface area (Å²) in [4.78, 5) is 12.2. The van der Waals surface area contributed by atoms with Crippen LogP contribution in [0.2, 0.25) is 0 Å². The molecule has 0 saturated carbocycles. The molecule has 1 aliphatic rings. The van der Waals surface area contributed by atoms with Crippen LogP contribution < -0.4 is 14.8 Å². The second kappa shape index (κ2) is 8.32. The van der Waals surface area contributed by atoms with Crippen LogP contribution in [0.25, 0.3) is 0 Å². The quantitative estimate of drug-likeness (QED) is 0.743. The molecule has 1 N–H and O–H groups in total. The fourth-order valence-electron chi connectivity index (χ4n) is 2.29. The molecule has 1 aromatic rings. The van der Waals surface area contributed by atoms with Crippen molar-refractivity contribution >= 4 is 15.9 Å². The molecule has 1 amide bonds. The smallest absolute Gasteiger partial charge is 0.251 e. The first-order chi connectivity index (χ1) is 11.5. The van der Waals surface area contributed by atoms with Crippen LogP contribution >= 0.6 is 0 Å². The molecule has 0 atom stereocenters. The van der Waals surface area contributed by atoms with Crippen molar-refractivity contribution in [3.05, 3.63) is 23.8 Å². The van der Waals surface area contributed by atoms with E-state index in [1.54, 1.807) is 18.2 Å². The molecule has 1 aromatic carbocycles. The van der Waals surface area contributed by atoms with Gasteiger partial charge in [0.2, 0.25) is 10.0 Å². The highest BCUT2D eigenvalue weighted by atomic mass is 32.2. The lowest BCUT2D eigenvalue weighted by molar-refractivity contribution is 0.0730. The maximum absolute atomic E-state index is 12.2. The van der Waals surface area contributed by atoms with E-state index in [2.05, 4.69) is 5.32 Å². The van der Waals surface area contributed by atoms with Crippen LogP contribution in [0.3, 0.4) is 0 Å². The van der Waals surface area contributed by atoms with E-state index in [-0.39, 0.29) is 18.2 Å². The first kappa shape index (κ1) is 18.5. The van der Waals surface area contributed by atoms with Crippen LogP contribution in [0.15, 0.2) is 18.2 Å². The average molecular weight is 358 g/mol. The minimum Gasteiger partial charge on any atom is -0.497 e. The minimum absolute atomic E-state index is 0.0258. The van der Waals surface area contributed by atoms with Crippen LogP contribution in [0, 0.1) is 0 Å². The highest BCUT2D eigenvalue weighted by Crippen LogP contribution is 2.22. The minimum atomic E-state index is -3.40. The summed E-state index contributed by atoms with van der Waals surface area (Å²) in [5, 5.41) is 2.61. The third-order valence-electron chi connectivity index (χ3n) is 3.62. The molecule has 1 saturated heterocycles. The summed E-state index contributed by atoms with van der Waals surface area (Å²) in [5.74, 6) is 0.435. The van der Waals surface area contributed by atoms with Gasteiger partial charge in [-0.1, -0.05) is 0 Å². The van der Waals surface area contributed by atoms with E-state index in [1.807, 2.05) is 0 Å². The molecule has 1 heterocycles. The second-order valence-electron chi connectivity index (χ2n) is 5.18. The number of hydrogen-bond acceptors (Lipinski definition) is 6. The largest absolute Gasteiger partial charge is 0.497 e. The summed E-state index contributed by atoms with van der Waals surface area (Å²) in [6, 6.07) is 4.78. The Bertz CT molecular complexity index is 648. The van der Waals surface area contributed by atoms with Gasteiger partial charge >= 0.3 is 0 Å². The van der Waals surface area contributed by atoms with Crippen molar-refractivity contribution < 1.29 is 27.4 Å². The number of hydrogen-bond donors (Lipinski definition) is 1. The zero-order valence-electron chi connectivity index (χ0n) is 13.8. The Morgan fingerprint density at radius 3 is 2.29 bits per heavy atom. The van der Waals surface area contributed by atoms with Gasteiger partial charge in [0.15, 0.2) is 0 Å². The van der Waals surface area contributed by atoms with Crippen molar-refractivity contribution in [3.8, 4) is 11.5 Å². The predicted octanol–water partition coefficient (Wildman–Crippen LogP) is 0.0956. The number of carbonyl (C=O) groups excluding carboxylic acids is 1. The summed E-state index contributed by atoms with van der Waals surface area (Å²) in [6.07, 6.45) is 0. The first-order valence-corrected chi connectivity index (χ1v) is 9.14. The van der Waals surface area contributed by atoms with Crippen LogP contribution in [0.4, 0.5) is 0 Å². The number of ether oxygens (including phenoxy) is 3. The summed E-state index contributed by atoms with van der Waals surface area (Å²) >= 11 is 0. The lowest BCUT2D eigenvalue weighted by Crippen LogP contribution is -2.43. The van der Waals surface area contributed by atoms with E-state index >= 15 is 0 Å². The van der Waals surface area contributed by atoms with E-state index < -0.39 is 10.0 Å². The van der Waals surface area contributed by atoms with E-state index in [0.717, 1.165) is 0 Å². The topological polar surface area (TPSA) is 94.2 Å². The number of nitrogens with zero attached hydrogens (tertiary/aromatic N) is 1. The van der Waals surface area contributed by atoms with E-state index in [9.17, 15) is 13.2 Å². The lowest BCUT2D eigenvalue weighted by Gasteiger charge is -2.26. The van der Waals surface area contributed by atoms with Gasteiger partial charge in [-0.3, -0.25) is 4.79 Å². The Balaban J connectivity index is 1.93. The lowest BCUT2D eigenvalue weighted by atomic mass is 10.2. The maximum atomic E-state index is 12.2. The Hall–Kier alpha value is -1.84. The van der Waals surface area contributed by atoms with E-state index in [1.165, 1.54) is 18.5 Å². The van der Waals surface area contributed by atoms with Crippen LogP contribution in [-0.2, 0) is 14.8 Å². The molecule has 9 heteroatoms. The third-order valence-corrected chi connectivity index (χ3v) is 5.49. The fourth-order valence-corrected chi connectivity index (χ4v) is 3.61. The number of rotatable bonds is 7. The Morgan fingerprint density at radius 2 is 1.75 bits per heavy atom. The number of morpholine rings is 1. The summed E-state index contributed by atoms with van der Waals surface area (Å²) in [5.41, 5.74) is 0.343. The highest BCUT2D eigenvalue weighted by Gasteiger charge is 2.24. The molecule has 24 heavy (non-hydrogen) atoms. The standard InChI is InChI=1S/C15H22N2O6S/c1-21-13-9-12(10-14(11-13)22-2)15(18)16-3-8-24(19,20)17-4-6-23-7-5-17/h9-11H,3-8H2,1-2H3,(H,16,18). The van der Waals surface area contributed by atoms with Crippen LogP contribution in [0.5, 0.6) is 11.5 Å². The average Bonchev–Trinajstić information content (AvgIpc) is 2.61. The van der Waals surface area contributed by atoms with Gasteiger partial charge in [-0.2, -0.15) is 4.31 Å². The number of sulfonamides is 1. The normalized spacial score (nSPS) is 15.8. The van der Waals surface area contributed by atoms with Crippen molar-refractivity contribution in [2.24, 2.45) is 0 Å². The van der Waals surface area contributed by atoms with Gasteiger partial charge in [0, 0.05) is 31.3 Å². The number of benzene rings is 1. The zero-order valence-corrected chi connectivity index (χ0v) is 14.6. The maximum Gasteiger partial charge on any atom is 0.251 e. The van der Waals surface area contributed by atoms with Gasteiger partial charge in [-0.15, -0.1) is 0 Å². The third kappa shape index (κ3) is 4.83. The molecule has 0 radical (unpaired) electrons. The zero-order chi connectivity index (χ0) is 17.6. The van der Waals surface area contributed by atoms with Crippen molar-refractivity contribution in [3.63, 3.8) is 0 Å². The van der Waals surface area contributed by atoms with Crippen LogP contribution in [0.1, 0.15) is 10.4 Å². The van der Waals surface area contributed by atoms with Gasteiger partial charge in [0.05, 0.1) is 33.2 Å². The van der Waals surface area contributed by atoms with Gasteiger partial charge in [-0.25, -0.2) is 8.42 Å². The predicted molar refractivity (Wildman–Crippen MR) is 88.1 cm³/mol. The summed E-state index contributed by atoms with van der Waals surface area (Å²) in [7, 11) is -0.415. The van der Waals surface area contributed by atoms with Crippen molar-refractivity contribution in [1.82, 2.24) is 9.62 Å². The van der Waals surface area contributed by atoms with E-state index in [4.69, 9.17) is 14.2 Å². The fraction of sp³-hybridized carbons (Fsp3) is 0.533. The number of methoxy groups -OCH3 is 2. The molecule has 0 aromatic heterocycles. The van der Waals surface area contributed by atoms with E-state index in [0.29, 0.717) is 43.4 Å². The summed E-state index contributed by atoms with van der Waals surface area (Å²) < 4.78 is 41.1. The van der Waals surface area contributed by atoms with Gasteiger partial charge in [0.25, 0.3) is 5.91 Å². The van der Waals surface area contributed by atoms with Crippen molar-refractivity contribution in [2.75, 3.05) is 52.8 Å². The Morgan fingerprint density at radius 1 is 1.17 bits per heavy atom. The molecule has 134 valence electrons. The molecule has 0 aliphatic carbocycles. The molecule has 0 unspecified atom stereocenters. The second-order valence-corrected chi connectivity index (χ2v) is 7.27. The van der Waals surface area contributed by atoms with Crippen LogP contribution in [-0.4, -0.2) is 71.5 Å². The first-order valence-electron chi connectivity index (χ1n) is 7.53. The molecule has 1 aliphatic heterocycles. The molecule has 1 fully saturated rings. The molecule has 8 nitrogen and oxygen atoms in total. The number of nitrogens with one attached hydrogen (secondary N) is 1. The molecule has 0 spiro atoms. The molecule has 2 rings (SSSR count). The molecule has 0 bridgehead atoms. The number of amides is 1. The van der Waals surface area contributed by atoms with Crippen molar-refractivity contribution in [1.29, 1.82) is 0 Å². The summed E-state index contributed by atoms with van der Waals surface area (Å²) in [6.45, 7) is 1.52. The monoisotopic (exact) mass is 358 g/mol. The van der Waals surface area contributed by atoms with Gasteiger partial charge < -0.3 is 19.5 Å². The SMILES string of the molecule is COc1cc(OC)cc(C(=O)NCCS(=O)(=O)N2CCOCC2)c1. The van der Waals surface area contributed by atoms with Gasteiger partial charge in [0.1, 0.15) is 11.5 Å². The van der Waals surface area contributed by atoms with Crippen molar-refractivity contribution in [2.45, 2.75) is 0 Å².